The van der Waals surface area contributed by atoms with Crippen LogP contribution in [0.3, 0.4) is 0 Å². The summed E-state index contributed by atoms with van der Waals surface area (Å²) in [6.45, 7) is 0.289. The summed E-state index contributed by atoms with van der Waals surface area (Å²) >= 11 is 6.07. The third kappa shape index (κ3) is 4.14. The van der Waals surface area contributed by atoms with Crippen LogP contribution in [0.15, 0.2) is 60.7 Å². The Morgan fingerprint density at radius 3 is 2.63 bits per heavy atom. The fourth-order valence-corrected chi connectivity index (χ4v) is 3.61. The van der Waals surface area contributed by atoms with E-state index in [4.69, 9.17) is 11.6 Å². The number of carbonyl (C=O) groups is 1. The lowest BCUT2D eigenvalue weighted by molar-refractivity contribution is 0.0782. The number of nitrogens with zero attached hydrogens (tertiary/aromatic N) is 2. The summed E-state index contributed by atoms with van der Waals surface area (Å²) < 4.78 is 13.1. The van der Waals surface area contributed by atoms with Crippen LogP contribution in [0.2, 0.25) is 5.02 Å². The zero-order valence-electron chi connectivity index (χ0n) is 16.2. The fourth-order valence-electron chi connectivity index (χ4n) is 3.39. The van der Waals surface area contributed by atoms with Crippen molar-refractivity contribution in [3.8, 4) is 5.75 Å². The van der Waals surface area contributed by atoms with Crippen LogP contribution in [0.25, 0.3) is 10.9 Å². The van der Waals surface area contributed by atoms with E-state index in [1.807, 2.05) is 18.2 Å². The van der Waals surface area contributed by atoms with Crippen molar-refractivity contribution in [2.75, 3.05) is 7.05 Å². The molecule has 30 heavy (non-hydrogen) atoms. The SMILES string of the molecule is CN(Cc1ccc(F)cc1)C(=O)c1cc2c(Cc3cccc(Cl)c3)n[nH]c2cc1O. The molecule has 0 atom stereocenters. The number of aromatic amines is 1. The Morgan fingerprint density at radius 1 is 1.13 bits per heavy atom. The fraction of sp³-hybridized carbons (Fsp3) is 0.130. The van der Waals surface area contributed by atoms with Gasteiger partial charge in [-0.15, -0.1) is 0 Å². The second-order valence-electron chi connectivity index (χ2n) is 7.18. The molecule has 5 nitrogen and oxygen atoms in total. The molecule has 3 aromatic carbocycles. The highest BCUT2D eigenvalue weighted by Gasteiger charge is 2.19. The molecule has 0 fully saturated rings. The number of fused-ring (bicyclic) bond motifs is 1. The van der Waals surface area contributed by atoms with Crippen molar-refractivity contribution in [1.29, 1.82) is 0 Å². The van der Waals surface area contributed by atoms with Crippen molar-refractivity contribution in [1.82, 2.24) is 15.1 Å². The number of phenols is 1. The van der Waals surface area contributed by atoms with Crippen LogP contribution in [0, 0.1) is 5.82 Å². The molecule has 0 aliphatic heterocycles. The minimum Gasteiger partial charge on any atom is -0.507 e. The monoisotopic (exact) mass is 423 g/mol. The Morgan fingerprint density at radius 2 is 1.90 bits per heavy atom. The predicted molar refractivity (Wildman–Crippen MR) is 114 cm³/mol. The van der Waals surface area contributed by atoms with Crippen molar-refractivity contribution in [2.24, 2.45) is 0 Å². The van der Waals surface area contributed by atoms with Gasteiger partial charge in [-0.3, -0.25) is 9.89 Å². The number of hydrogen-bond acceptors (Lipinski definition) is 3. The smallest absolute Gasteiger partial charge is 0.257 e. The number of H-pyrrole nitrogens is 1. The van der Waals surface area contributed by atoms with Crippen LogP contribution < -0.4 is 0 Å². The molecule has 2 N–H and O–H groups in total. The van der Waals surface area contributed by atoms with E-state index >= 15 is 0 Å². The minimum absolute atomic E-state index is 0.128. The van der Waals surface area contributed by atoms with Gasteiger partial charge in [0, 0.05) is 36.5 Å². The van der Waals surface area contributed by atoms with E-state index in [0.717, 1.165) is 22.2 Å². The number of phenolic OH excluding ortho intramolecular Hbond substituents is 1. The normalized spacial score (nSPS) is 11.0. The molecule has 0 bridgehead atoms. The highest BCUT2D eigenvalue weighted by atomic mass is 35.5. The molecule has 1 aromatic heterocycles. The first kappa shape index (κ1) is 19.9. The first-order chi connectivity index (χ1) is 14.4. The number of hydrogen-bond donors (Lipinski definition) is 2. The zero-order valence-corrected chi connectivity index (χ0v) is 16.9. The molecule has 1 heterocycles. The summed E-state index contributed by atoms with van der Waals surface area (Å²) in [5, 5.41) is 19.0. The van der Waals surface area contributed by atoms with Gasteiger partial charge in [0.05, 0.1) is 16.8 Å². The molecular weight excluding hydrogens is 405 g/mol. The van der Waals surface area contributed by atoms with Crippen LogP contribution in [0.1, 0.15) is 27.2 Å². The van der Waals surface area contributed by atoms with Gasteiger partial charge in [0.25, 0.3) is 5.91 Å². The van der Waals surface area contributed by atoms with Crippen molar-refractivity contribution in [3.05, 3.63) is 93.9 Å². The Hall–Kier alpha value is -3.38. The lowest BCUT2D eigenvalue weighted by Gasteiger charge is -2.18. The van der Waals surface area contributed by atoms with Gasteiger partial charge in [-0.25, -0.2) is 4.39 Å². The summed E-state index contributed by atoms with van der Waals surface area (Å²) in [5.74, 6) is -0.798. The molecule has 0 radical (unpaired) electrons. The molecule has 0 spiro atoms. The summed E-state index contributed by atoms with van der Waals surface area (Å²) in [6.07, 6.45) is 0.532. The molecular formula is C23H19ClFN3O2. The molecule has 0 aliphatic rings. The van der Waals surface area contributed by atoms with Gasteiger partial charge in [-0.1, -0.05) is 35.9 Å². The predicted octanol–water partition coefficient (Wildman–Crippen LogP) is 4.92. The van der Waals surface area contributed by atoms with Crippen molar-refractivity contribution < 1.29 is 14.3 Å². The second-order valence-corrected chi connectivity index (χ2v) is 7.62. The number of aromatic nitrogens is 2. The van der Waals surface area contributed by atoms with E-state index in [-0.39, 0.29) is 29.6 Å². The number of carbonyl (C=O) groups excluding carboxylic acids is 1. The summed E-state index contributed by atoms with van der Waals surface area (Å²) in [7, 11) is 1.64. The van der Waals surface area contributed by atoms with E-state index < -0.39 is 0 Å². The highest BCUT2D eigenvalue weighted by Crippen LogP contribution is 2.28. The summed E-state index contributed by atoms with van der Waals surface area (Å²) in [4.78, 5) is 14.4. The van der Waals surface area contributed by atoms with Crippen LogP contribution >= 0.6 is 11.6 Å². The van der Waals surface area contributed by atoms with Crippen LogP contribution in [0.4, 0.5) is 4.39 Å². The topological polar surface area (TPSA) is 69.2 Å². The van der Waals surface area contributed by atoms with E-state index in [9.17, 15) is 14.3 Å². The second kappa shape index (κ2) is 8.16. The van der Waals surface area contributed by atoms with Crippen molar-refractivity contribution >= 4 is 28.4 Å². The Kier molecular flexibility index (Phi) is 5.42. The maximum atomic E-state index is 13.1. The maximum Gasteiger partial charge on any atom is 0.257 e. The van der Waals surface area contributed by atoms with E-state index in [1.165, 1.54) is 23.1 Å². The molecule has 4 aromatic rings. The Labute approximate surface area is 177 Å². The average Bonchev–Trinajstić information content (AvgIpc) is 3.10. The quantitative estimate of drug-likeness (QED) is 0.478. The van der Waals surface area contributed by atoms with Gasteiger partial charge >= 0.3 is 0 Å². The highest BCUT2D eigenvalue weighted by molar-refractivity contribution is 6.30. The van der Waals surface area contributed by atoms with Crippen molar-refractivity contribution in [2.45, 2.75) is 13.0 Å². The Bertz CT molecular complexity index is 1220. The maximum absolute atomic E-state index is 13.1. The number of halogens is 2. The average molecular weight is 424 g/mol. The van der Waals surface area contributed by atoms with Gasteiger partial charge in [-0.2, -0.15) is 5.10 Å². The largest absolute Gasteiger partial charge is 0.507 e. The molecule has 0 saturated carbocycles. The molecule has 152 valence electrons. The lowest BCUT2D eigenvalue weighted by Crippen LogP contribution is -2.26. The molecule has 0 aliphatic carbocycles. The van der Waals surface area contributed by atoms with Gasteiger partial charge in [0.1, 0.15) is 11.6 Å². The molecule has 4 rings (SSSR count). The van der Waals surface area contributed by atoms with Crippen molar-refractivity contribution in [3.63, 3.8) is 0 Å². The van der Waals surface area contributed by atoms with Crippen LogP contribution in [0.5, 0.6) is 5.75 Å². The third-order valence-corrected chi connectivity index (χ3v) is 5.16. The molecule has 0 saturated heterocycles. The van der Waals surface area contributed by atoms with E-state index in [1.54, 1.807) is 31.3 Å². The number of rotatable bonds is 5. The van der Waals surface area contributed by atoms with E-state index in [2.05, 4.69) is 10.2 Å². The molecule has 7 heteroatoms. The lowest BCUT2D eigenvalue weighted by atomic mass is 10.0. The van der Waals surface area contributed by atoms with Crippen LogP contribution in [-0.2, 0) is 13.0 Å². The first-order valence-electron chi connectivity index (χ1n) is 9.35. The standard InChI is InChI=1S/C23H19ClFN3O2/c1-28(13-14-5-7-17(25)8-6-14)23(30)19-11-18-20(26-27-21(18)12-22(19)29)10-15-3-2-4-16(24)9-15/h2-9,11-12,29H,10,13H2,1H3,(H,26,27). The number of aromatic hydroxyl groups is 1. The van der Waals surface area contributed by atoms with Gasteiger partial charge in [-0.05, 0) is 41.5 Å². The first-order valence-corrected chi connectivity index (χ1v) is 9.73. The number of nitrogens with one attached hydrogen (secondary N) is 1. The number of benzene rings is 3. The minimum atomic E-state index is -0.339. The summed E-state index contributed by atoms with van der Waals surface area (Å²) in [6, 6.07) is 16.6. The summed E-state index contributed by atoms with van der Waals surface area (Å²) in [5.41, 5.74) is 3.36. The Balaban J connectivity index is 1.62. The van der Waals surface area contributed by atoms with Gasteiger partial charge in [0.15, 0.2) is 0 Å². The zero-order chi connectivity index (χ0) is 21.3. The number of amides is 1. The third-order valence-electron chi connectivity index (χ3n) is 4.93. The van der Waals surface area contributed by atoms with E-state index in [0.29, 0.717) is 17.0 Å². The molecule has 0 unspecified atom stereocenters. The van der Waals surface area contributed by atoms with Crippen LogP contribution in [-0.4, -0.2) is 33.2 Å². The molecule has 1 amide bonds. The van der Waals surface area contributed by atoms with Gasteiger partial charge in [0.2, 0.25) is 0 Å². The van der Waals surface area contributed by atoms with Gasteiger partial charge < -0.3 is 10.0 Å².